The zero-order valence-electron chi connectivity index (χ0n) is 20.5. The Balaban J connectivity index is 1.48. The maximum Gasteiger partial charge on any atom is 0.0658 e. The molecule has 1 unspecified atom stereocenters. The minimum Gasteiger partial charge on any atom is -0.198 e. The minimum absolute atomic E-state index is 0.271. The monoisotopic (exact) mass is 429 g/mol. The van der Waals surface area contributed by atoms with Gasteiger partial charge < -0.3 is 0 Å². The number of unbranched alkanes of at least 4 members (excludes halogenated alkanes) is 5. The highest BCUT2D eigenvalue weighted by Gasteiger charge is 2.27. The molecule has 1 atom stereocenters. The molecule has 0 saturated heterocycles. The molecule has 0 heterocycles. The van der Waals surface area contributed by atoms with Gasteiger partial charge in [-0.2, -0.15) is 5.26 Å². The molecular formula is C31H43N. The second kappa shape index (κ2) is 13.5. The number of rotatable bonds is 12. The molecule has 0 spiro atoms. The molecule has 172 valence electrons. The van der Waals surface area contributed by atoms with E-state index in [1.165, 1.54) is 92.9 Å². The summed E-state index contributed by atoms with van der Waals surface area (Å²) in [5, 5.41) is 9.48. The zero-order valence-corrected chi connectivity index (χ0v) is 20.5. The van der Waals surface area contributed by atoms with Crippen LogP contribution in [-0.2, 0) is 6.42 Å². The SMILES string of the molecule is CCCCCCCCc1ccc(-c2ccc(C3CCC(C(C#N)CCC)CC3)cc2)cc1. The number of hydrogen-bond acceptors (Lipinski definition) is 1. The maximum atomic E-state index is 9.48. The van der Waals surface area contributed by atoms with Gasteiger partial charge in [-0.3, -0.25) is 0 Å². The number of aryl methyl sites for hydroxylation is 1. The van der Waals surface area contributed by atoms with Crippen molar-refractivity contribution < 1.29 is 0 Å². The number of benzene rings is 2. The van der Waals surface area contributed by atoms with E-state index in [0.29, 0.717) is 11.8 Å². The Hall–Kier alpha value is -2.07. The Morgan fingerprint density at radius 2 is 1.34 bits per heavy atom. The first-order chi connectivity index (χ1) is 15.7. The summed E-state index contributed by atoms with van der Waals surface area (Å²) in [6.45, 7) is 4.47. The average Bonchev–Trinajstić information content (AvgIpc) is 2.85. The molecule has 0 radical (unpaired) electrons. The highest BCUT2D eigenvalue weighted by molar-refractivity contribution is 5.64. The van der Waals surface area contributed by atoms with Crippen molar-refractivity contribution in [1.29, 1.82) is 5.26 Å². The average molecular weight is 430 g/mol. The predicted octanol–water partition coefficient (Wildman–Crippen LogP) is 9.47. The predicted molar refractivity (Wildman–Crippen MR) is 138 cm³/mol. The van der Waals surface area contributed by atoms with Gasteiger partial charge >= 0.3 is 0 Å². The van der Waals surface area contributed by atoms with Crippen LogP contribution in [0.4, 0.5) is 0 Å². The Bertz CT molecular complexity index is 803. The summed E-state index contributed by atoms with van der Waals surface area (Å²) in [4.78, 5) is 0. The van der Waals surface area contributed by atoms with Gasteiger partial charge in [0.25, 0.3) is 0 Å². The van der Waals surface area contributed by atoms with Crippen LogP contribution in [0.3, 0.4) is 0 Å². The van der Waals surface area contributed by atoms with E-state index in [1.807, 2.05) is 0 Å². The van der Waals surface area contributed by atoms with Crippen molar-refractivity contribution in [2.75, 3.05) is 0 Å². The Morgan fingerprint density at radius 1 is 0.750 bits per heavy atom. The van der Waals surface area contributed by atoms with Crippen LogP contribution >= 0.6 is 0 Å². The summed E-state index contributed by atoms with van der Waals surface area (Å²) in [5.41, 5.74) is 5.59. The summed E-state index contributed by atoms with van der Waals surface area (Å²) >= 11 is 0. The summed E-state index contributed by atoms with van der Waals surface area (Å²) in [6, 6.07) is 21.1. The second-order valence-corrected chi connectivity index (χ2v) is 9.97. The Labute approximate surface area is 197 Å². The fourth-order valence-corrected chi connectivity index (χ4v) is 5.49. The van der Waals surface area contributed by atoms with Crippen LogP contribution in [0.1, 0.15) is 108 Å². The largest absolute Gasteiger partial charge is 0.198 e. The van der Waals surface area contributed by atoms with E-state index in [2.05, 4.69) is 68.4 Å². The van der Waals surface area contributed by atoms with Gasteiger partial charge in [0.15, 0.2) is 0 Å². The van der Waals surface area contributed by atoms with Gasteiger partial charge in [-0.1, -0.05) is 101 Å². The molecule has 32 heavy (non-hydrogen) atoms. The summed E-state index contributed by atoms with van der Waals surface area (Å²) in [7, 11) is 0. The summed E-state index contributed by atoms with van der Waals surface area (Å²) < 4.78 is 0. The smallest absolute Gasteiger partial charge is 0.0658 e. The third kappa shape index (κ3) is 7.23. The third-order valence-electron chi connectivity index (χ3n) is 7.59. The van der Waals surface area contributed by atoms with Crippen molar-refractivity contribution in [3.8, 4) is 17.2 Å². The third-order valence-corrected chi connectivity index (χ3v) is 7.59. The standard InChI is InChI=1S/C31H43N/c1-3-5-6-7-8-9-11-25-12-14-26(15-13-25)27-16-18-28(19-17-27)29-20-22-30(23-21-29)31(24-32)10-4-2/h12-19,29-31H,3-11,20-23H2,1-2H3. The molecule has 1 nitrogen and oxygen atoms in total. The van der Waals surface area contributed by atoms with Gasteiger partial charge in [-0.25, -0.2) is 0 Å². The van der Waals surface area contributed by atoms with E-state index in [1.54, 1.807) is 0 Å². The Morgan fingerprint density at radius 3 is 1.94 bits per heavy atom. The lowest BCUT2D eigenvalue weighted by molar-refractivity contribution is 0.259. The Kier molecular flexibility index (Phi) is 10.3. The maximum absolute atomic E-state index is 9.48. The molecule has 2 aromatic rings. The lowest BCUT2D eigenvalue weighted by Gasteiger charge is -2.31. The van der Waals surface area contributed by atoms with Crippen molar-refractivity contribution in [2.45, 2.75) is 103 Å². The van der Waals surface area contributed by atoms with Crippen LogP contribution < -0.4 is 0 Å². The normalized spacial score (nSPS) is 19.4. The molecule has 0 bridgehead atoms. The molecule has 1 saturated carbocycles. The van der Waals surface area contributed by atoms with Gasteiger partial charge in [0.1, 0.15) is 0 Å². The van der Waals surface area contributed by atoms with E-state index in [-0.39, 0.29) is 5.92 Å². The zero-order chi connectivity index (χ0) is 22.6. The molecule has 0 amide bonds. The molecule has 0 N–H and O–H groups in total. The molecule has 2 aromatic carbocycles. The van der Waals surface area contributed by atoms with Crippen molar-refractivity contribution in [2.24, 2.45) is 11.8 Å². The van der Waals surface area contributed by atoms with Gasteiger partial charge in [-0.15, -0.1) is 0 Å². The fourth-order valence-electron chi connectivity index (χ4n) is 5.49. The first kappa shape index (κ1) is 24.6. The first-order valence-electron chi connectivity index (χ1n) is 13.3. The van der Waals surface area contributed by atoms with Crippen LogP contribution in [0.15, 0.2) is 48.5 Å². The van der Waals surface area contributed by atoms with Gasteiger partial charge in [0, 0.05) is 5.92 Å². The van der Waals surface area contributed by atoms with Crippen molar-refractivity contribution in [3.63, 3.8) is 0 Å². The number of nitriles is 1. The van der Waals surface area contributed by atoms with Crippen molar-refractivity contribution >= 4 is 0 Å². The topological polar surface area (TPSA) is 23.8 Å². The summed E-state index contributed by atoms with van der Waals surface area (Å²) in [5.74, 6) is 1.55. The van der Waals surface area contributed by atoms with E-state index in [0.717, 1.165) is 12.8 Å². The molecule has 1 aliphatic carbocycles. The first-order valence-corrected chi connectivity index (χ1v) is 13.3. The highest BCUT2D eigenvalue weighted by atomic mass is 14.4. The van der Waals surface area contributed by atoms with E-state index >= 15 is 0 Å². The molecule has 0 aromatic heterocycles. The van der Waals surface area contributed by atoms with Gasteiger partial charge in [0.2, 0.25) is 0 Å². The number of nitrogens with zero attached hydrogens (tertiary/aromatic N) is 1. The van der Waals surface area contributed by atoms with Crippen LogP contribution in [0.5, 0.6) is 0 Å². The van der Waals surface area contributed by atoms with Crippen LogP contribution in [-0.4, -0.2) is 0 Å². The van der Waals surface area contributed by atoms with Crippen LogP contribution in [0.2, 0.25) is 0 Å². The van der Waals surface area contributed by atoms with E-state index < -0.39 is 0 Å². The van der Waals surface area contributed by atoms with E-state index in [9.17, 15) is 5.26 Å². The lowest BCUT2D eigenvalue weighted by Crippen LogP contribution is -2.20. The van der Waals surface area contributed by atoms with Crippen LogP contribution in [0.25, 0.3) is 11.1 Å². The summed E-state index contributed by atoms with van der Waals surface area (Å²) in [6.07, 6.45) is 16.5. The number of hydrogen-bond donors (Lipinski definition) is 0. The quantitative estimate of drug-likeness (QED) is 0.308. The molecule has 3 rings (SSSR count). The lowest BCUT2D eigenvalue weighted by atomic mass is 9.73. The molecule has 1 fully saturated rings. The highest BCUT2D eigenvalue weighted by Crippen LogP contribution is 2.40. The fraction of sp³-hybridized carbons (Fsp3) is 0.581. The van der Waals surface area contributed by atoms with E-state index in [4.69, 9.17) is 0 Å². The van der Waals surface area contributed by atoms with Gasteiger partial charge in [-0.05, 0) is 79.0 Å². The molecular weight excluding hydrogens is 386 g/mol. The molecule has 0 aliphatic heterocycles. The van der Waals surface area contributed by atoms with Crippen LogP contribution in [0, 0.1) is 23.2 Å². The molecule has 1 aliphatic rings. The second-order valence-electron chi connectivity index (χ2n) is 9.97. The van der Waals surface area contributed by atoms with Gasteiger partial charge in [0.05, 0.1) is 6.07 Å². The van der Waals surface area contributed by atoms with Crippen molar-refractivity contribution in [3.05, 3.63) is 59.7 Å². The minimum atomic E-state index is 0.271. The van der Waals surface area contributed by atoms with Crippen molar-refractivity contribution in [1.82, 2.24) is 0 Å². The molecule has 1 heteroatoms.